The van der Waals surface area contributed by atoms with Crippen molar-refractivity contribution >= 4 is 16.5 Å². The lowest BCUT2D eigenvalue weighted by Gasteiger charge is -2.13. The number of anilines is 1. The highest BCUT2D eigenvalue weighted by molar-refractivity contribution is 7.15. The van der Waals surface area contributed by atoms with E-state index < -0.39 is 0 Å². The maximum Gasteiger partial charge on any atom is 0.185 e. The molecule has 0 unspecified atom stereocenters. The predicted molar refractivity (Wildman–Crippen MR) is 86.3 cm³/mol. The molecule has 19 heavy (non-hydrogen) atoms. The van der Waals surface area contributed by atoms with Crippen LogP contribution in [0.2, 0.25) is 0 Å². The number of rotatable bonds is 8. The third-order valence-electron chi connectivity index (χ3n) is 2.99. The van der Waals surface area contributed by atoms with Gasteiger partial charge < -0.3 is 10.2 Å². The van der Waals surface area contributed by atoms with E-state index in [4.69, 9.17) is 4.98 Å². The molecule has 1 N–H and O–H groups in total. The van der Waals surface area contributed by atoms with Gasteiger partial charge in [0, 0.05) is 25.0 Å². The number of nitrogens with one attached hydrogen (secondary N) is 1. The summed E-state index contributed by atoms with van der Waals surface area (Å²) in [4.78, 5) is 8.49. The summed E-state index contributed by atoms with van der Waals surface area (Å²) in [5.74, 6) is 1.19. The summed E-state index contributed by atoms with van der Waals surface area (Å²) in [6, 6.07) is 0. The van der Waals surface area contributed by atoms with Crippen molar-refractivity contribution in [2.75, 3.05) is 25.0 Å². The van der Waals surface area contributed by atoms with Gasteiger partial charge in [-0.3, -0.25) is 0 Å². The van der Waals surface area contributed by atoms with Gasteiger partial charge in [-0.1, -0.05) is 34.6 Å². The lowest BCUT2D eigenvalue weighted by molar-refractivity contribution is 0.552. The molecule has 0 fully saturated rings. The van der Waals surface area contributed by atoms with Crippen LogP contribution in [0.5, 0.6) is 0 Å². The van der Waals surface area contributed by atoms with Crippen LogP contribution in [0.15, 0.2) is 0 Å². The summed E-state index contributed by atoms with van der Waals surface area (Å²) in [7, 11) is 2.14. The second-order valence-electron chi connectivity index (χ2n) is 5.91. The molecule has 1 rings (SSSR count). The fourth-order valence-corrected chi connectivity index (χ4v) is 3.17. The standard InChI is InChI=1S/C15H29N3S/c1-7-8-18(6)15-17-14(12(4)5)13(19-15)10-16-9-11(2)3/h11-12,16H,7-10H2,1-6H3. The van der Waals surface area contributed by atoms with Crippen LogP contribution in [0.4, 0.5) is 5.13 Å². The first-order valence-corrected chi connectivity index (χ1v) is 8.18. The zero-order valence-corrected chi connectivity index (χ0v) is 14.1. The Balaban J connectivity index is 2.77. The summed E-state index contributed by atoms with van der Waals surface area (Å²) in [5, 5.41) is 4.69. The fourth-order valence-electron chi connectivity index (χ4n) is 2.00. The molecule has 4 heteroatoms. The molecule has 0 saturated heterocycles. The van der Waals surface area contributed by atoms with Gasteiger partial charge in [0.2, 0.25) is 0 Å². The van der Waals surface area contributed by atoms with E-state index in [1.807, 2.05) is 11.3 Å². The highest BCUT2D eigenvalue weighted by Crippen LogP contribution is 2.30. The molecule has 0 aliphatic rings. The van der Waals surface area contributed by atoms with Gasteiger partial charge in [-0.05, 0) is 24.8 Å². The molecule has 1 aromatic heterocycles. The van der Waals surface area contributed by atoms with Gasteiger partial charge in [0.15, 0.2) is 5.13 Å². The third-order valence-corrected chi connectivity index (χ3v) is 4.17. The van der Waals surface area contributed by atoms with Crippen molar-refractivity contribution in [2.45, 2.75) is 53.5 Å². The molecule has 0 saturated carbocycles. The Hall–Kier alpha value is -0.610. The molecule has 110 valence electrons. The van der Waals surface area contributed by atoms with Crippen molar-refractivity contribution in [3.05, 3.63) is 10.6 Å². The van der Waals surface area contributed by atoms with E-state index in [2.05, 4.69) is 51.9 Å². The lowest BCUT2D eigenvalue weighted by Crippen LogP contribution is -2.19. The molecule has 0 amide bonds. The number of nitrogens with zero attached hydrogens (tertiary/aromatic N) is 2. The quantitative estimate of drug-likeness (QED) is 0.785. The number of hydrogen-bond donors (Lipinski definition) is 1. The number of thiazole rings is 1. The van der Waals surface area contributed by atoms with Crippen LogP contribution in [-0.2, 0) is 6.54 Å². The highest BCUT2D eigenvalue weighted by atomic mass is 32.1. The van der Waals surface area contributed by atoms with Crippen molar-refractivity contribution in [3.63, 3.8) is 0 Å². The van der Waals surface area contributed by atoms with E-state index in [0.29, 0.717) is 11.8 Å². The van der Waals surface area contributed by atoms with Crippen LogP contribution in [0.1, 0.15) is 57.5 Å². The molecule has 0 aliphatic carbocycles. The van der Waals surface area contributed by atoms with Crippen molar-refractivity contribution in [1.82, 2.24) is 10.3 Å². The predicted octanol–water partition coefficient (Wildman–Crippen LogP) is 3.86. The zero-order chi connectivity index (χ0) is 14.4. The molecule has 0 aliphatic heterocycles. The maximum absolute atomic E-state index is 4.83. The van der Waals surface area contributed by atoms with Gasteiger partial charge in [0.25, 0.3) is 0 Å². The first-order valence-electron chi connectivity index (χ1n) is 7.37. The molecule has 3 nitrogen and oxygen atoms in total. The van der Waals surface area contributed by atoms with Crippen molar-refractivity contribution in [1.29, 1.82) is 0 Å². The smallest absolute Gasteiger partial charge is 0.185 e. The Morgan fingerprint density at radius 2 is 1.95 bits per heavy atom. The Kier molecular flexibility index (Phi) is 6.80. The van der Waals surface area contributed by atoms with Crippen LogP contribution >= 0.6 is 11.3 Å². The molecule has 0 bridgehead atoms. The molecular formula is C15H29N3S. The van der Waals surface area contributed by atoms with Gasteiger partial charge in [-0.15, -0.1) is 11.3 Å². The van der Waals surface area contributed by atoms with Gasteiger partial charge in [-0.25, -0.2) is 4.98 Å². The monoisotopic (exact) mass is 283 g/mol. The van der Waals surface area contributed by atoms with E-state index in [-0.39, 0.29) is 0 Å². The normalized spacial score (nSPS) is 11.6. The minimum absolute atomic E-state index is 0.496. The zero-order valence-electron chi connectivity index (χ0n) is 13.3. The Bertz CT molecular complexity index is 371. The van der Waals surface area contributed by atoms with Crippen molar-refractivity contribution in [3.8, 4) is 0 Å². The summed E-state index contributed by atoms with van der Waals surface area (Å²) in [6.07, 6.45) is 1.16. The second kappa shape index (κ2) is 7.85. The average Bonchev–Trinajstić information content (AvgIpc) is 2.73. The van der Waals surface area contributed by atoms with Crippen LogP contribution in [0, 0.1) is 5.92 Å². The molecule has 0 atom stereocenters. The van der Waals surface area contributed by atoms with Crippen molar-refractivity contribution in [2.24, 2.45) is 5.92 Å². The first-order chi connectivity index (χ1) is 8.95. The Morgan fingerprint density at radius 3 is 2.47 bits per heavy atom. The summed E-state index contributed by atoms with van der Waals surface area (Å²) >= 11 is 1.84. The summed E-state index contributed by atoms with van der Waals surface area (Å²) in [6.45, 7) is 14.2. The van der Waals surface area contributed by atoms with E-state index >= 15 is 0 Å². The molecule has 0 spiro atoms. The molecule has 1 heterocycles. The Morgan fingerprint density at radius 1 is 1.26 bits per heavy atom. The van der Waals surface area contributed by atoms with Gasteiger partial charge >= 0.3 is 0 Å². The average molecular weight is 283 g/mol. The first kappa shape index (κ1) is 16.4. The minimum atomic E-state index is 0.496. The molecular weight excluding hydrogens is 254 g/mol. The van der Waals surface area contributed by atoms with E-state index in [1.165, 1.54) is 10.6 Å². The SMILES string of the molecule is CCCN(C)c1nc(C(C)C)c(CNCC(C)C)s1. The summed E-state index contributed by atoms with van der Waals surface area (Å²) < 4.78 is 0. The van der Waals surface area contributed by atoms with E-state index in [0.717, 1.165) is 31.2 Å². The van der Waals surface area contributed by atoms with Crippen molar-refractivity contribution < 1.29 is 0 Å². The lowest BCUT2D eigenvalue weighted by atomic mass is 10.1. The van der Waals surface area contributed by atoms with E-state index in [9.17, 15) is 0 Å². The van der Waals surface area contributed by atoms with Gasteiger partial charge in [-0.2, -0.15) is 0 Å². The van der Waals surface area contributed by atoms with Gasteiger partial charge in [0.1, 0.15) is 0 Å². The highest BCUT2D eigenvalue weighted by Gasteiger charge is 2.16. The molecule has 0 radical (unpaired) electrons. The third kappa shape index (κ3) is 5.11. The number of aromatic nitrogens is 1. The molecule has 0 aromatic carbocycles. The topological polar surface area (TPSA) is 28.2 Å². The fraction of sp³-hybridized carbons (Fsp3) is 0.800. The largest absolute Gasteiger partial charge is 0.351 e. The molecule has 1 aromatic rings. The minimum Gasteiger partial charge on any atom is -0.351 e. The van der Waals surface area contributed by atoms with Crippen LogP contribution < -0.4 is 10.2 Å². The number of hydrogen-bond acceptors (Lipinski definition) is 4. The summed E-state index contributed by atoms with van der Waals surface area (Å²) in [5.41, 5.74) is 1.26. The Labute approximate surface area is 122 Å². The second-order valence-corrected chi connectivity index (χ2v) is 6.97. The van der Waals surface area contributed by atoms with Gasteiger partial charge in [0.05, 0.1) is 5.69 Å². The van der Waals surface area contributed by atoms with Crippen LogP contribution in [-0.4, -0.2) is 25.1 Å². The van der Waals surface area contributed by atoms with Crippen LogP contribution in [0.3, 0.4) is 0 Å². The maximum atomic E-state index is 4.83. The van der Waals surface area contributed by atoms with E-state index in [1.54, 1.807) is 0 Å². The van der Waals surface area contributed by atoms with Crippen LogP contribution in [0.25, 0.3) is 0 Å².